The van der Waals surface area contributed by atoms with Gasteiger partial charge in [-0.2, -0.15) is 4.31 Å². The van der Waals surface area contributed by atoms with Crippen LogP contribution in [0, 0.1) is 5.92 Å². The Balaban J connectivity index is 1.71. The van der Waals surface area contributed by atoms with Crippen LogP contribution >= 0.6 is 11.6 Å². The molecule has 1 N–H and O–H groups in total. The van der Waals surface area contributed by atoms with E-state index in [0.717, 1.165) is 19.5 Å². The largest absolute Gasteiger partial charge is 0.373 e. The smallest absolute Gasteiger partial charge is 0.251 e. The number of carbonyl (C=O) groups excluding carboxylic acids is 1. The lowest BCUT2D eigenvalue weighted by atomic mass is 10.1. The van der Waals surface area contributed by atoms with Crippen molar-refractivity contribution in [1.82, 2.24) is 14.5 Å². The fourth-order valence-electron chi connectivity index (χ4n) is 4.15. The van der Waals surface area contributed by atoms with E-state index in [1.54, 1.807) is 6.07 Å². The van der Waals surface area contributed by atoms with Crippen LogP contribution in [0.3, 0.4) is 0 Å². The van der Waals surface area contributed by atoms with Gasteiger partial charge >= 0.3 is 0 Å². The number of amides is 1. The van der Waals surface area contributed by atoms with E-state index in [9.17, 15) is 13.2 Å². The van der Waals surface area contributed by atoms with Crippen molar-refractivity contribution in [3.63, 3.8) is 0 Å². The highest BCUT2D eigenvalue weighted by molar-refractivity contribution is 7.89. The van der Waals surface area contributed by atoms with Gasteiger partial charge in [0.25, 0.3) is 5.91 Å². The summed E-state index contributed by atoms with van der Waals surface area (Å²) in [6, 6.07) is 4.93. The van der Waals surface area contributed by atoms with E-state index in [4.69, 9.17) is 16.3 Å². The third-order valence-electron chi connectivity index (χ3n) is 5.80. The van der Waals surface area contributed by atoms with Crippen molar-refractivity contribution in [3.05, 3.63) is 28.8 Å². The van der Waals surface area contributed by atoms with Crippen molar-refractivity contribution in [2.75, 3.05) is 32.7 Å². The summed E-state index contributed by atoms with van der Waals surface area (Å²) < 4.78 is 33.4. The van der Waals surface area contributed by atoms with Gasteiger partial charge in [0.05, 0.1) is 17.2 Å². The molecule has 2 aliphatic rings. The summed E-state index contributed by atoms with van der Waals surface area (Å²) in [5.41, 5.74) is 0.297. The summed E-state index contributed by atoms with van der Waals surface area (Å²) in [5.74, 6) is 0.123. The number of nitrogens with zero attached hydrogens (tertiary/aromatic N) is 2. The maximum atomic E-state index is 13.2. The van der Waals surface area contributed by atoms with Gasteiger partial charge in [0.2, 0.25) is 10.0 Å². The number of rotatable bonds is 6. The van der Waals surface area contributed by atoms with E-state index >= 15 is 0 Å². The summed E-state index contributed by atoms with van der Waals surface area (Å²) in [6.07, 6.45) is 0.641. The molecule has 168 valence electrons. The number of carbonyl (C=O) groups is 1. The monoisotopic (exact) mass is 457 g/mol. The Morgan fingerprint density at radius 3 is 2.50 bits per heavy atom. The second-order valence-electron chi connectivity index (χ2n) is 8.68. The lowest BCUT2D eigenvalue weighted by molar-refractivity contribution is -0.0440. The molecule has 7 nitrogen and oxygen atoms in total. The van der Waals surface area contributed by atoms with Crippen LogP contribution in [0.2, 0.25) is 5.02 Å². The van der Waals surface area contributed by atoms with Crippen molar-refractivity contribution in [2.45, 2.75) is 57.3 Å². The third-order valence-corrected chi connectivity index (χ3v) is 8.11. The minimum absolute atomic E-state index is 0.0371. The zero-order chi connectivity index (χ0) is 22.1. The molecular formula is C21H32ClN3O4S. The fraction of sp³-hybridized carbons (Fsp3) is 0.667. The maximum Gasteiger partial charge on any atom is 0.251 e. The van der Waals surface area contributed by atoms with Gasteiger partial charge in [-0.15, -0.1) is 0 Å². The molecule has 2 aliphatic heterocycles. The lowest BCUT2D eigenvalue weighted by Crippen LogP contribution is -2.48. The van der Waals surface area contributed by atoms with Gasteiger partial charge < -0.3 is 15.0 Å². The highest BCUT2D eigenvalue weighted by atomic mass is 35.5. The summed E-state index contributed by atoms with van der Waals surface area (Å²) >= 11 is 6.23. The van der Waals surface area contributed by atoms with Gasteiger partial charge in [-0.3, -0.25) is 4.79 Å². The summed E-state index contributed by atoms with van der Waals surface area (Å²) in [7, 11) is -3.83. The standard InChI is InChI=1S/C21H32ClN3O4S/c1-14(2)24-8-7-17(13-24)10-23-21(26)18-5-6-19(22)20(9-18)30(27,28)25-11-15(3)29-16(4)12-25/h5-6,9,14-17H,7-8,10-13H2,1-4H3,(H,23,26). The van der Waals surface area contributed by atoms with Gasteiger partial charge in [-0.25, -0.2) is 8.42 Å². The summed E-state index contributed by atoms with van der Waals surface area (Å²) in [4.78, 5) is 15.1. The number of likely N-dealkylation sites (tertiary alicyclic amines) is 1. The molecule has 3 rings (SSSR count). The quantitative estimate of drug-likeness (QED) is 0.710. The van der Waals surface area contributed by atoms with Crippen LogP contribution in [0.5, 0.6) is 0 Å². The molecule has 0 saturated carbocycles. The molecule has 0 aliphatic carbocycles. The van der Waals surface area contributed by atoms with E-state index in [1.165, 1.54) is 16.4 Å². The molecule has 0 bridgehead atoms. The molecule has 0 radical (unpaired) electrons. The number of ether oxygens (including phenoxy) is 1. The number of nitrogens with one attached hydrogen (secondary N) is 1. The first-order valence-corrected chi connectivity index (χ1v) is 12.4. The molecule has 3 atom stereocenters. The summed E-state index contributed by atoms with van der Waals surface area (Å²) in [5, 5.41) is 3.07. The Labute approximate surface area is 184 Å². The molecule has 0 aromatic heterocycles. The molecular weight excluding hydrogens is 426 g/mol. The van der Waals surface area contributed by atoms with E-state index in [-0.39, 0.29) is 41.1 Å². The molecule has 1 aromatic carbocycles. The summed E-state index contributed by atoms with van der Waals surface area (Å²) in [6.45, 7) is 11.1. The number of sulfonamides is 1. The number of hydrogen-bond acceptors (Lipinski definition) is 5. The molecule has 2 saturated heterocycles. The highest BCUT2D eigenvalue weighted by Crippen LogP contribution is 2.28. The van der Waals surface area contributed by atoms with E-state index in [1.807, 2.05) is 13.8 Å². The topological polar surface area (TPSA) is 79.0 Å². The van der Waals surface area contributed by atoms with Crippen LogP contribution in [-0.2, 0) is 14.8 Å². The predicted octanol–water partition coefficient (Wildman–Crippen LogP) is 2.60. The zero-order valence-corrected chi connectivity index (χ0v) is 19.7. The van der Waals surface area contributed by atoms with E-state index in [2.05, 4.69) is 24.1 Å². The first-order valence-electron chi connectivity index (χ1n) is 10.5. The van der Waals surface area contributed by atoms with E-state index in [0.29, 0.717) is 24.1 Å². The Morgan fingerprint density at radius 2 is 1.90 bits per heavy atom. The number of halogens is 1. The van der Waals surface area contributed by atoms with Crippen molar-refractivity contribution in [1.29, 1.82) is 0 Å². The Hall–Kier alpha value is -1.19. The van der Waals surface area contributed by atoms with Gasteiger partial charge in [0.1, 0.15) is 4.90 Å². The number of benzene rings is 1. The first kappa shape index (κ1) is 23.5. The Morgan fingerprint density at radius 1 is 1.23 bits per heavy atom. The van der Waals surface area contributed by atoms with Gasteiger partial charge in [0.15, 0.2) is 0 Å². The Kier molecular flexibility index (Phi) is 7.45. The molecule has 1 aromatic rings. The molecule has 1 amide bonds. The van der Waals surface area contributed by atoms with Gasteiger partial charge in [-0.05, 0) is 64.8 Å². The highest BCUT2D eigenvalue weighted by Gasteiger charge is 2.34. The lowest BCUT2D eigenvalue weighted by Gasteiger charge is -2.34. The van der Waals surface area contributed by atoms with E-state index < -0.39 is 10.0 Å². The SMILES string of the molecule is CC1CN(S(=O)(=O)c2cc(C(=O)NCC3CCN(C(C)C)C3)ccc2Cl)CC(C)O1. The average molecular weight is 458 g/mol. The van der Waals surface area contributed by atoms with Crippen LogP contribution in [0.15, 0.2) is 23.1 Å². The minimum Gasteiger partial charge on any atom is -0.373 e. The van der Waals surface area contributed by atoms with Gasteiger partial charge in [-0.1, -0.05) is 11.6 Å². The van der Waals surface area contributed by atoms with Gasteiger partial charge in [0, 0.05) is 37.8 Å². The molecule has 2 heterocycles. The normalized spacial score (nSPS) is 26.3. The van der Waals surface area contributed by atoms with Crippen molar-refractivity contribution >= 4 is 27.5 Å². The molecule has 0 spiro atoms. The number of morpholine rings is 1. The minimum atomic E-state index is -3.83. The fourth-order valence-corrected chi connectivity index (χ4v) is 6.24. The van der Waals surface area contributed by atoms with Crippen molar-refractivity contribution < 1.29 is 17.9 Å². The first-order chi connectivity index (χ1) is 14.1. The Bertz CT molecular complexity index is 867. The molecule has 9 heteroatoms. The zero-order valence-electron chi connectivity index (χ0n) is 18.1. The molecule has 2 fully saturated rings. The van der Waals surface area contributed by atoms with Crippen LogP contribution < -0.4 is 5.32 Å². The molecule has 30 heavy (non-hydrogen) atoms. The third kappa shape index (κ3) is 5.34. The van der Waals surface area contributed by atoms with Crippen LogP contribution in [0.1, 0.15) is 44.5 Å². The van der Waals surface area contributed by atoms with Crippen LogP contribution in [0.25, 0.3) is 0 Å². The van der Waals surface area contributed by atoms with Crippen LogP contribution in [-0.4, -0.2) is 74.5 Å². The molecule has 3 unspecified atom stereocenters. The average Bonchev–Trinajstić information content (AvgIpc) is 3.15. The van der Waals surface area contributed by atoms with Crippen molar-refractivity contribution in [2.24, 2.45) is 5.92 Å². The predicted molar refractivity (Wildman–Crippen MR) is 117 cm³/mol. The maximum absolute atomic E-state index is 13.2. The second kappa shape index (κ2) is 9.53. The van der Waals surface area contributed by atoms with Crippen molar-refractivity contribution in [3.8, 4) is 0 Å². The van der Waals surface area contributed by atoms with Crippen LogP contribution in [0.4, 0.5) is 0 Å². The number of hydrogen-bond donors (Lipinski definition) is 1. The second-order valence-corrected chi connectivity index (χ2v) is 11.0.